The summed E-state index contributed by atoms with van der Waals surface area (Å²) in [5.41, 5.74) is -0.308. The van der Waals surface area contributed by atoms with Crippen molar-refractivity contribution in [3.8, 4) is 11.5 Å². The number of amides is 1. The SMILES string of the molecule is COc1cc(OC)c(Cl)c(/C(F)=C/c2cnc(N[C@@H]3COC[C@@H]3NC(=O)OC(C)(C)C)nc2)c1Cl. The van der Waals surface area contributed by atoms with Gasteiger partial charge in [-0.25, -0.2) is 19.2 Å². The van der Waals surface area contributed by atoms with E-state index < -0.39 is 17.5 Å². The van der Waals surface area contributed by atoms with Crippen LogP contribution in [0, 0.1) is 0 Å². The number of methoxy groups -OCH3 is 2. The first-order valence-electron chi connectivity index (χ1n) is 10.7. The lowest BCUT2D eigenvalue weighted by Gasteiger charge is -2.24. The van der Waals surface area contributed by atoms with Gasteiger partial charge in [0, 0.05) is 24.0 Å². The van der Waals surface area contributed by atoms with E-state index in [9.17, 15) is 4.79 Å². The highest BCUT2D eigenvalue weighted by molar-refractivity contribution is 6.39. The van der Waals surface area contributed by atoms with Crippen LogP contribution in [0.25, 0.3) is 11.9 Å². The van der Waals surface area contributed by atoms with Crippen LogP contribution in [-0.2, 0) is 9.47 Å². The Labute approximate surface area is 212 Å². The Kier molecular flexibility index (Phi) is 8.63. The van der Waals surface area contributed by atoms with Gasteiger partial charge in [0.2, 0.25) is 5.95 Å². The molecule has 1 aromatic carbocycles. The van der Waals surface area contributed by atoms with E-state index >= 15 is 4.39 Å². The molecule has 35 heavy (non-hydrogen) atoms. The number of benzene rings is 1. The van der Waals surface area contributed by atoms with Gasteiger partial charge in [0.05, 0.1) is 55.1 Å². The van der Waals surface area contributed by atoms with Crippen molar-refractivity contribution in [3.05, 3.63) is 39.6 Å². The number of alkyl carbamates (subject to hydrolysis) is 1. The molecule has 1 aliphatic rings. The summed E-state index contributed by atoms with van der Waals surface area (Å²) in [4.78, 5) is 20.5. The fourth-order valence-electron chi connectivity index (χ4n) is 3.26. The van der Waals surface area contributed by atoms with Crippen LogP contribution in [0.1, 0.15) is 31.9 Å². The van der Waals surface area contributed by atoms with Gasteiger partial charge in [0.15, 0.2) is 0 Å². The highest BCUT2D eigenvalue weighted by Crippen LogP contribution is 2.44. The Morgan fingerprint density at radius 3 is 2.23 bits per heavy atom. The number of halogens is 3. The van der Waals surface area contributed by atoms with Crippen LogP contribution in [0.4, 0.5) is 15.1 Å². The molecule has 0 bridgehead atoms. The molecule has 2 N–H and O–H groups in total. The second-order valence-corrected chi connectivity index (χ2v) is 9.41. The summed E-state index contributed by atoms with van der Waals surface area (Å²) in [5.74, 6) is 0.00618. The summed E-state index contributed by atoms with van der Waals surface area (Å²) >= 11 is 12.5. The zero-order valence-electron chi connectivity index (χ0n) is 19.9. The van der Waals surface area contributed by atoms with Gasteiger partial charge < -0.3 is 29.6 Å². The number of hydrogen-bond acceptors (Lipinski definition) is 8. The molecule has 0 spiro atoms. The molecule has 12 heteroatoms. The van der Waals surface area contributed by atoms with Crippen molar-refractivity contribution in [2.75, 3.05) is 32.8 Å². The number of aromatic nitrogens is 2. The largest absolute Gasteiger partial charge is 0.495 e. The first-order valence-corrected chi connectivity index (χ1v) is 11.4. The number of carbonyl (C=O) groups excluding carboxylic acids is 1. The molecule has 2 atom stereocenters. The number of carbonyl (C=O) groups is 1. The minimum absolute atomic E-state index is 0.0102. The third-order valence-corrected chi connectivity index (χ3v) is 5.63. The minimum Gasteiger partial charge on any atom is -0.495 e. The second-order valence-electron chi connectivity index (χ2n) is 8.66. The van der Waals surface area contributed by atoms with Crippen molar-refractivity contribution in [1.29, 1.82) is 0 Å². The van der Waals surface area contributed by atoms with Gasteiger partial charge in [0.25, 0.3) is 0 Å². The number of nitrogens with one attached hydrogen (secondary N) is 2. The van der Waals surface area contributed by atoms with Gasteiger partial charge in [-0.3, -0.25) is 0 Å². The molecule has 0 unspecified atom stereocenters. The molecule has 2 heterocycles. The van der Waals surface area contributed by atoms with Crippen molar-refractivity contribution < 1.29 is 28.1 Å². The zero-order chi connectivity index (χ0) is 25.8. The first-order chi connectivity index (χ1) is 16.5. The lowest BCUT2D eigenvalue weighted by atomic mass is 10.1. The Bertz CT molecular complexity index is 1060. The van der Waals surface area contributed by atoms with Gasteiger partial charge in [-0.05, 0) is 26.8 Å². The van der Waals surface area contributed by atoms with Gasteiger partial charge in [-0.1, -0.05) is 23.2 Å². The molecule has 190 valence electrons. The van der Waals surface area contributed by atoms with E-state index in [1.54, 1.807) is 20.8 Å². The Morgan fingerprint density at radius 1 is 1.11 bits per heavy atom. The van der Waals surface area contributed by atoms with Gasteiger partial charge in [-0.2, -0.15) is 0 Å². The molecular formula is C23H27Cl2FN4O5. The lowest BCUT2D eigenvalue weighted by molar-refractivity contribution is 0.0497. The average Bonchev–Trinajstić information content (AvgIpc) is 3.20. The van der Waals surface area contributed by atoms with E-state index in [2.05, 4.69) is 20.6 Å². The normalized spacial score (nSPS) is 18.2. The van der Waals surface area contributed by atoms with Crippen molar-refractivity contribution in [1.82, 2.24) is 15.3 Å². The molecule has 0 radical (unpaired) electrons. The molecule has 1 saturated heterocycles. The van der Waals surface area contributed by atoms with Crippen molar-refractivity contribution in [3.63, 3.8) is 0 Å². The van der Waals surface area contributed by atoms with Crippen LogP contribution in [0.5, 0.6) is 11.5 Å². The summed E-state index contributed by atoms with van der Waals surface area (Å²) < 4.78 is 36.2. The van der Waals surface area contributed by atoms with E-state index in [0.29, 0.717) is 18.8 Å². The maximum Gasteiger partial charge on any atom is 0.408 e. The number of anilines is 1. The van der Waals surface area contributed by atoms with Gasteiger partial charge in [0.1, 0.15) is 22.9 Å². The summed E-state index contributed by atoms with van der Waals surface area (Å²) in [7, 11) is 2.81. The molecule has 0 saturated carbocycles. The van der Waals surface area contributed by atoms with Crippen LogP contribution < -0.4 is 20.1 Å². The zero-order valence-corrected chi connectivity index (χ0v) is 21.5. The number of hydrogen-bond donors (Lipinski definition) is 2. The van der Waals surface area contributed by atoms with E-state index in [-0.39, 0.29) is 45.1 Å². The lowest BCUT2D eigenvalue weighted by Crippen LogP contribution is -2.47. The summed E-state index contributed by atoms with van der Waals surface area (Å²) in [6.07, 6.45) is 3.52. The number of rotatable bonds is 7. The molecule has 1 aromatic heterocycles. The van der Waals surface area contributed by atoms with E-state index in [1.165, 1.54) is 38.8 Å². The third-order valence-electron chi connectivity index (χ3n) is 4.87. The first kappa shape index (κ1) is 26.8. The molecule has 1 amide bonds. The second kappa shape index (κ2) is 11.3. The van der Waals surface area contributed by atoms with E-state index in [0.717, 1.165) is 0 Å². The highest BCUT2D eigenvalue weighted by atomic mass is 35.5. The smallest absolute Gasteiger partial charge is 0.408 e. The molecule has 0 aliphatic carbocycles. The maximum absolute atomic E-state index is 15.1. The van der Waals surface area contributed by atoms with Crippen molar-refractivity contribution in [2.45, 2.75) is 38.5 Å². The van der Waals surface area contributed by atoms with Crippen molar-refractivity contribution in [2.24, 2.45) is 0 Å². The molecule has 3 rings (SSSR count). The van der Waals surface area contributed by atoms with Gasteiger partial charge in [-0.15, -0.1) is 0 Å². The fourth-order valence-corrected chi connectivity index (χ4v) is 3.95. The quantitative estimate of drug-likeness (QED) is 0.518. The molecule has 1 aliphatic heterocycles. The van der Waals surface area contributed by atoms with Crippen LogP contribution >= 0.6 is 23.2 Å². The minimum atomic E-state index is -0.715. The van der Waals surface area contributed by atoms with Gasteiger partial charge >= 0.3 is 6.09 Å². The maximum atomic E-state index is 15.1. The van der Waals surface area contributed by atoms with Crippen LogP contribution in [-0.4, -0.2) is 61.2 Å². The van der Waals surface area contributed by atoms with E-state index in [1.807, 2.05) is 0 Å². The van der Waals surface area contributed by atoms with Crippen LogP contribution in [0.3, 0.4) is 0 Å². The molecular weight excluding hydrogens is 502 g/mol. The Balaban J connectivity index is 1.72. The average molecular weight is 529 g/mol. The third kappa shape index (κ3) is 6.87. The summed E-state index contributed by atoms with van der Waals surface area (Å²) in [5, 5.41) is 5.91. The molecule has 9 nitrogen and oxygen atoms in total. The summed E-state index contributed by atoms with van der Waals surface area (Å²) in [6, 6.07) is 0.864. The molecule has 1 fully saturated rings. The Hall–Kier alpha value is -2.82. The van der Waals surface area contributed by atoms with E-state index in [4.69, 9.17) is 42.1 Å². The standard InChI is InChI=1S/C23H27Cl2FN4O5/c1-23(2,3)35-22(31)30-15-11-34-10-14(15)29-21-27-8-12(9-28-21)6-13(26)18-19(24)16(32-4)7-17(33-5)20(18)25/h6-9,14-15H,10-11H2,1-5H3,(H,30,31)(H,27,28,29)/b13-6-/t14-,15+/m1/s1. The summed E-state index contributed by atoms with van der Waals surface area (Å²) in [6.45, 7) is 6.01. The fraction of sp³-hybridized carbons (Fsp3) is 0.435. The number of ether oxygens (including phenoxy) is 4. The predicted molar refractivity (Wildman–Crippen MR) is 132 cm³/mol. The monoisotopic (exact) mass is 528 g/mol. The Morgan fingerprint density at radius 2 is 1.69 bits per heavy atom. The predicted octanol–water partition coefficient (Wildman–Crippen LogP) is 4.97. The van der Waals surface area contributed by atoms with Crippen LogP contribution in [0.2, 0.25) is 10.0 Å². The van der Waals surface area contributed by atoms with Crippen molar-refractivity contribution >= 4 is 47.1 Å². The molecule has 2 aromatic rings. The number of nitrogens with zero attached hydrogens (tertiary/aromatic N) is 2. The highest BCUT2D eigenvalue weighted by Gasteiger charge is 2.31. The topological polar surface area (TPSA) is 104 Å². The van der Waals surface area contributed by atoms with Crippen LogP contribution in [0.15, 0.2) is 18.5 Å².